The molecule has 0 radical (unpaired) electrons. The van der Waals surface area contributed by atoms with Crippen LogP contribution in [-0.2, 0) is 14.2 Å². The summed E-state index contributed by atoms with van der Waals surface area (Å²) in [5.41, 5.74) is 0. The van der Waals surface area contributed by atoms with Crippen LogP contribution >= 0.6 is 11.6 Å². The van der Waals surface area contributed by atoms with Crippen molar-refractivity contribution in [1.82, 2.24) is 9.55 Å². The molecule has 3 atom stereocenters. The van der Waals surface area contributed by atoms with Gasteiger partial charge in [-0.2, -0.15) is 83.4 Å². The first-order valence-electron chi connectivity index (χ1n) is 8.74. The van der Waals surface area contributed by atoms with E-state index in [1.54, 1.807) is 0 Å². The van der Waals surface area contributed by atoms with Crippen LogP contribution in [-0.4, -0.2) is 75.3 Å². The van der Waals surface area contributed by atoms with Gasteiger partial charge in [-0.3, -0.25) is 18.8 Å². The SMILES string of the molecule is O=C(n1ccnc1)C(F)(F)OC(F)(F)C(F)(OC(F)(F)C(F)(OC(F)(F)C(F)(Cl)C(F)(F)F)C(F)(F)F)C(F)(F)F. The van der Waals surface area contributed by atoms with Crippen LogP contribution in [0.3, 0.4) is 0 Å². The molecule has 0 N–H and O–H groups in total. The highest BCUT2D eigenvalue weighted by Crippen LogP contribution is 2.59. The summed E-state index contributed by atoms with van der Waals surface area (Å²) in [4.78, 5) is 14.2. The molecule has 41 heavy (non-hydrogen) atoms. The molecule has 240 valence electrons. The number of alkyl halides is 21. The van der Waals surface area contributed by atoms with E-state index in [2.05, 4.69) is 16.6 Å². The second kappa shape index (κ2) is 10.1. The molecular formula is C14H3ClF20N2O4. The van der Waals surface area contributed by atoms with Crippen molar-refractivity contribution in [2.75, 3.05) is 0 Å². The molecule has 1 aromatic heterocycles. The Balaban J connectivity index is 3.73. The fraction of sp³-hybridized carbons (Fsp3) is 0.714. The van der Waals surface area contributed by atoms with Gasteiger partial charge in [0, 0.05) is 12.4 Å². The Bertz CT molecular complexity index is 1080. The molecule has 0 fully saturated rings. The lowest BCUT2D eigenvalue weighted by molar-refractivity contribution is -0.571. The largest absolute Gasteiger partial charge is 0.458 e. The number of imidazole rings is 1. The molecule has 0 aromatic carbocycles. The number of halogens is 21. The summed E-state index contributed by atoms with van der Waals surface area (Å²) in [6, 6.07) is 0. The molecule has 0 saturated carbocycles. The zero-order valence-corrected chi connectivity index (χ0v) is 18.5. The van der Waals surface area contributed by atoms with Crippen LogP contribution in [0, 0.1) is 0 Å². The highest BCUT2D eigenvalue weighted by Gasteiger charge is 2.87. The second-order valence-electron chi connectivity index (χ2n) is 6.91. The van der Waals surface area contributed by atoms with Crippen LogP contribution in [0.4, 0.5) is 87.8 Å². The average Bonchev–Trinajstić information content (AvgIpc) is 3.23. The lowest BCUT2D eigenvalue weighted by Crippen LogP contribution is -2.70. The van der Waals surface area contributed by atoms with Gasteiger partial charge in [0.1, 0.15) is 6.33 Å². The standard InChI is InChI=1S/C14H3ClF20N2O4/c15-6(18,9(21,22)23)12(30,31)40-8(20,11(27,28)29)14(34,35)41-7(19,10(24,25)26)13(32,33)39-5(16,17)4(38)37-2-1-36-3-37/h1-3H. The Hall–Kier alpha value is -2.35. The Morgan fingerprint density at radius 1 is 0.585 bits per heavy atom. The van der Waals surface area contributed by atoms with Gasteiger partial charge in [-0.25, -0.2) is 14.1 Å². The van der Waals surface area contributed by atoms with Crippen LogP contribution in [0.2, 0.25) is 0 Å². The summed E-state index contributed by atoms with van der Waals surface area (Å²) < 4.78 is 270. The molecule has 1 rings (SSSR count). The Labute approximate surface area is 213 Å². The first-order chi connectivity index (χ1) is 17.6. The third kappa shape index (κ3) is 6.37. The zero-order valence-electron chi connectivity index (χ0n) is 17.7. The van der Waals surface area contributed by atoms with Crippen LogP contribution < -0.4 is 0 Å². The van der Waals surface area contributed by atoms with E-state index in [1.165, 1.54) is 9.47 Å². The second-order valence-corrected chi connectivity index (χ2v) is 7.43. The summed E-state index contributed by atoms with van der Waals surface area (Å²) in [5.74, 6) is -19.9. The highest BCUT2D eigenvalue weighted by molar-refractivity contribution is 6.24. The number of carbonyl (C=O) groups excluding carboxylic acids is 1. The van der Waals surface area contributed by atoms with Gasteiger partial charge in [0.15, 0.2) is 0 Å². The van der Waals surface area contributed by atoms with Gasteiger partial charge >= 0.3 is 65.7 Å². The number of nitrogens with zero attached hydrogens (tertiary/aromatic N) is 2. The van der Waals surface area contributed by atoms with Crippen molar-refractivity contribution in [2.24, 2.45) is 0 Å². The van der Waals surface area contributed by atoms with Gasteiger partial charge in [-0.15, -0.1) is 0 Å². The minimum atomic E-state index is -8.46. The summed E-state index contributed by atoms with van der Waals surface area (Å²) >= 11 is 3.53. The molecule has 0 saturated heterocycles. The Morgan fingerprint density at radius 3 is 1.27 bits per heavy atom. The van der Waals surface area contributed by atoms with Crippen molar-refractivity contribution in [3.8, 4) is 0 Å². The van der Waals surface area contributed by atoms with Crippen molar-refractivity contribution in [2.45, 2.75) is 59.8 Å². The van der Waals surface area contributed by atoms with E-state index in [0.29, 0.717) is 6.20 Å². The predicted molar refractivity (Wildman–Crippen MR) is 81.4 cm³/mol. The fourth-order valence-electron chi connectivity index (χ4n) is 2.01. The molecule has 0 spiro atoms. The summed E-state index contributed by atoms with van der Waals surface area (Å²) in [6.45, 7) is 0. The zero-order chi connectivity index (χ0) is 33.1. The quantitative estimate of drug-likeness (QED) is 0.200. The summed E-state index contributed by atoms with van der Waals surface area (Å²) in [5, 5.41) is -7.15. The first-order valence-corrected chi connectivity index (χ1v) is 9.12. The number of hydrogen-bond acceptors (Lipinski definition) is 5. The minimum absolute atomic E-state index is 0.0180. The molecule has 0 amide bonds. The average molecular weight is 679 g/mol. The maximum absolute atomic E-state index is 14.3. The lowest BCUT2D eigenvalue weighted by atomic mass is 10.2. The summed E-state index contributed by atoms with van der Waals surface area (Å²) in [7, 11) is 0. The van der Waals surface area contributed by atoms with Crippen LogP contribution in [0.1, 0.15) is 4.79 Å². The van der Waals surface area contributed by atoms with E-state index in [-0.39, 0.29) is 12.5 Å². The number of aromatic nitrogens is 2. The maximum Gasteiger partial charge on any atom is 0.458 e. The normalized spacial score (nSPS) is 19.3. The van der Waals surface area contributed by atoms with E-state index in [9.17, 15) is 92.6 Å². The molecule has 0 aliphatic heterocycles. The van der Waals surface area contributed by atoms with Crippen molar-refractivity contribution >= 4 is 17.5 Å². The van der Waals surface area contributed by atoms with Crippen molar-refractivity contribution < 1.29 is 107 Å². The topological polar surface area (TPSA) is 62.6 Å². The van der Waals surface area contributed by atoms with E-state index in [1.807, 2.05) is 4.74 Å². The Morgan fingerprint density at radius 2 is 0.951 bits per heavy atom. The van der Waals surface area contributed by atoms with Crippen molar-refractivity contribution in [1.29, 1.82) is 0 Å². The molecule has 6 nitrogen and oxygen atoms in total. The van der Waals surface area contributed by atoms with Crippen LogP contribution in [0.25, 0.3) is 0 Å². The van der Waals surface area contributed by atoms with Crippen molar-refractivity contribution in [3.63, 3.8) is 0 Å². The minimum Gasteiger partial charge on any atom is -0.269 e. The monoisotopic (exact) mass is 678 g/mol. The van der Waals surface area contributed by atoms with Gasteiger partial charge in [0.05, 0.1) is 0 Å². The molecule has 0 bridgehead atoms. The van der Waals surface area contributed by atoms with Gasteiger partial charge in [-0.05, 0) is 0 Å². The van der Waals surface area contributed by atoms with Gasteiger partial charge in [0.2, 0.25) is 0 Å². The molecule has 3 unspecified atom stereocenters. The van der Waals surface area contributed by atoms with Crippen molar-refractivity contribution in [3.05, 3.63) is 18.7 Å². The molecular weight excluding hydrogens is 676 g/mol. The smallest absolute Gasteiger partial charge is 0.269 e. The van der Waals surface area contributed by atoms with E-state index in [4.69, 9.17) is 0 Å². The van der Waals surface area contributed by atoms with E-state index >= 15 is 0 Å². The molecule has 1 aromatic rings. The Kier molecular flexibility index (Phi) is 9.06. The van der Waals surface area contributed by atoms with Gasteiger partial charge in [0.25, 0.3) is 0 Å². The maximum atomic E-state index is 14.3. The first kappa shape index (κ1) is 36.7. The van der Waals surface area contributed by atoms with E-state index in [0.717, 1.165) is 0 Å². The molecule has 27 heteroatoms. The molecule has 0 aliphatic carbocycles. The van der Waals surface area contributed by atoms with E-state index < -0.39 is 70.3 Å². The molecule has 1 heterocycles. The third-order valence-electron chi connectivity index (χ3n) is 3.98. The lowest BCUT2D eigenvalue weighted by Gasteiger charge is -2.42. The fourth-order valence-corrected chi connectivity index (χ4v) is 2.05. The number of rotatable bonds is 10. The van der Waals surface area contributed by atoms with Gasteiger partial charge < -0.3 is 0 Å². The predicted octanol–water partition coefficient (Wildman–Crippen LogP) is 6.87. The highest BCUT2D eigenvalue weighted by atomic mass is 35.5. The van der Waals surface area contributed by atoms with Crippen LogP contribution in [0.15, 0.2) is 18.7 Å². The molecule has 0 aliphatic rings. The number of hydrogen-bond donors (Lipinski definition) is 0. The van der Waals surface area contributed by atoms with Gasteiger partial charge in [-0.1, -0.05) is 11.6 Å². The summed E-state index contributed by atoms with van der Waals surface area (Å²) in [6.07, 6.45) is -53.9. The third-order valence-corrected chi connectivity index (χ3v) is 4.42. The number of carbonyl (C=O) groups is 1. The van der Waals surface area contributed by atoms with Crippen LogP contribution in [0.5, 0.6) is 0 Å². The number of ether oxygens (including phenoxy) is 3.